The van der Waals surface area contributed by atoms with E-state index in [1.54, 1.807) is 6.20 Å². The summed E-state index contributed by atoms with van der Waals surface area (Å²) in [4.78, 5) is 29.2. The van der Waals surface area contributed by atoms with Crippen LogP contribution in [0.5, 0.6) is 0 Å². The number of hydrogen-bond donors (Lipinski definition) is 2. The van der Waals surface area contributed by atoms with Gasteiger partial charge in [0.1, 0.15) is 0 Å². The van der Waals surface area contributed by atoms with Crippen molar-refractivity contribution in [1.82, 2.24) is 4.98 Å². The Labute approximate surface area is 172 Å². The molecule has 1 unspecified atom stereocenters. The van der Waals surface area contributed by atoms with Crippen molar-refractivity contribution in [2.45, 2.75) is 58.3 Å². The van der Waals surface area contributed by atoms with Crippen molar-refractivity contribution < 1.29 is 14.7 Å². The minimum atomic E-state index is -0.794. The molecule has 0 saturated heterocycles. The van der Waals surface area contributed by atoms with Gasteiger partial charge in [-0.15, -0.1) is 0 Å². The maximum Gasteiger partial charge on any atom is 0.306 e. The molecule has 1 fully saturated rings. The molecule has 1 aliphatic rings. The van der Waals surface area contributed by atoms with Gasteiger partial charge in [0.2, 0.25) is 5.91 Å². The molecule has 2 N–H and O–H groups in total. The van der Waals surface area contributed by atoms with E-state index in [4.69, 9.17) is 0 Å². The molecule has 1 amide bonds. The molecule has 5 heteroatoms. The topological polar surface area (TPSA) is 79.3 Å². The van der Waals surface area contributed by atoms with Crippen LogP contribution in [0, 0.1) is 11.3 Å². The van der Waals surface area contributed by atoms with Crippen molar-refractivity contribution in [1.29, 1.82) is 0 Å². The third kappa shape index (κ3) is 5.43. The lowest BCUT2D eigenvalue weighted by Crippen LogP contribution is -2.37. The van der Waals surface area contributed by atoms with Gasteiger partial charge in [0.05, 0.1) is 23.2 Å². The molecule has 1 aliphatic carbocycles. The number of carboxylic acids is 1. The SMILES string of the molecule is CCCC(CC1(C(=O)Nc2cncc(Cc3ccccc3)c2)CCCC1)C(=O)O. The van der Waals surface area contributed by atoms with E-state index in [0.717, 1.165) is 44.1 Å². The fourth-order valence-electron chi connectivity index (χ4n) is 4.46. The molecule has 1 saturated carbocycles. The second-order valence-corrected chi connectivity index (χ2v) is 8.21. The highest BCUT2D eigenvalue weighted by Crippen LogP contribution is 2.45. The fraction of sp³-hybridized carbons (Fsp3) is 0.458. The molecule has 1 heterocycles. The number of nitrogens with zero attached hydrogens (tertiary/aromatic N) is 1. The molecule has 29 heavy (non-hydrogen) atoms. The molecule has 0 bridgehead atoms. The highest BCUT2D eigenvalue weighted by molar-refractivity contribution is 5.95. The molecule has 0 radical (unpaired) electrons. The van der Waals surface area contributed by atoms with Crippen molar-refractivity contribution in [2.24, 2.45) is 11.3 Å². The predicted octanol–water partition coefficient (Wildman–Crippen LogP) is 5.06. The minimum absolute atomic E-state index is 0.0592. The normalized spacial score (nSPS) is 16.3. The lowest BCUT2D eigenvalue weighted by molar-refractivity contribution is -0.144. The first-order valence-corrected chi connectivity index (χ1v) is 10.5. The summed E-state index contributed by atoms with van der Waals surface area (Å²) in [5.74, 6) is -1.32. The average molecular weight is 395 g/mol. The fourth-order valence-corrected chi connectivity index (χ4v) is 4.46. The molecule has 154 valence electrons. The van der Waals surface area contributed by atoms with Crippen molar-refractivity contribution in [3.63, 3.8) is 0 Å². The van der Waals surface area contributed by atoms with Gasteiger partial charge < -0.3 is 10.4 Å². The van der Waals surface area contributed by atoms with Gasteiger partial charge in [-0.05, 0) is 49.3 Å². The molecule has 1 aromatic carbocycles. The second-order valence-electron chi connectivity index (χ2n) is 8.21. The number of anilines is 1. The first-order chi connectivity index (χ1) is 14.0. The summed E-state index contributed by atoms with van der Waals surface area (Å²) in [6.07, 6.45) is 9.51. The number of aromatic nitrogens is 1. The van der Waals surface area contributed by atoms with Crippen LogP contribution in [0.25, 0.3) is 0 Å². The zero-order valence-electron chi connectivity index (χ0n) is 17.1. The molecule has 1 atom stereocenters. The molecule has 1 aromatic heterocycles. The summed E-state index contributed by atoms with van der Waals surface area (Å²) in [6, 6.07) is 12.1. The third-order valence-corrected chi connectivity index (χ3v) is 5.97. The Balaban J connectivity index is 1.73. The first kappa shape index (κ1) is 21.0. The predicted molar refractivity (Wildman–Crippen MR) is 114 cm³/mol. The van der Waals surface area contributed by atoms with Crippen LogP contribution in [0.2, 0.25) is 0 Å². The van der Waals surface area contributed by atoms with Gasteiger partial charge in [-0.2, -0.15) is 0 Å². The number of amides is 1. The smallest absolute Gasteiger partial charge is 0.306 e. The zero-order valence-corrected chi connectivity index (χ0v) is 17.1. The van der Waals surface area contributed by atoms with Crippen LogP contribution in [-0.2, 0) is 16.0 Å². The van der Waals surface area contributed by atoms with Crippen LogP contribution in [0.1, 0.15) is 63.0 Å². The number of carboxylic acid groups (broad SMARTS) is 1. The standard InChI is InChI=1S/C24H30N2O3/c1-2-8-20(22(27)28)15-24(11-6-7-12-24)23(29)26-21-14-19(16-25-17-21)13-18-9-4-3-5-10-18/h3-5,9-10,14,16-17,20H,2,6-8,11-13,15H2,1H3,(H,26,29)(H,27,28). The van der Waals surface area contributed by atoms with Crippen LogP contribution in [-0.4, -0.2) is 22.0 Å². The Morgan fingerprint density at radius 1 is 1.14 bits per heavy atom. The van der Waals surface area contributed by atoms with E-state index in [-0.39, 0.29) is 5.91 Å². The second kappa shape index (κ2) is 9.68. The van der Waals surface area contributed by atoms with Crippen molar-refractivity contribution in [2.75, 3.05) is 5.32 Å². The van der Waals surface area contributed by atoms with E-state index < -0.39 is 17.3 Å². The Hall–Kier alpha value is -2.69. The van der Waals surface area contributed by atoms with Crippen molar-refractivity contribution in [3.05, 3.63) is 59.9 Å². The van der Waals surface area contributed by atoms with Gasteiger partial charge in [0, 0.05) is 6.20 Å². The van der Waals surface area contributed by atoms with Crippen LogP contribution in [0.3, 0.4) is 0 Å². The van der Waals surface area contributed by atoms with E-state index in [1.807, 2.05) is 37.4 Å². The number of rotatable bonds is 9. The van der Waals surface area contributed by atoms with Gasteiger partial charge in [0.25, 0.3) is 0 Å². The van der Waals surface area contributed by atoms with Gasteiger partial charge >= 0.3 is 5.97 Å². The summed E-state index contributed by atoms with van der Waals surface area (Å²) in [7, 11) is 0. The third-order valence-electron chi connectivity index (χ3n) is 5.97. The van der Waals surface area contributed by atoms with Crippen molar-refractivity contribution >= 4 is 17.6 Å². The maximum atomic E-state index is 13.2. The van der Waals surface area contributed by atoms with E-state index in [1.165, 1.54) is 5.56 Å². The lowest BCUT2D eigenvalue weighted by atomic mass is 9.75. The molecule has 0 spiro atoms. The monoisotopic (exact) mass is 394 g/mol. The van der Waals surface area contributed by atoms with Crippen LogP contribution < -0.4 is 5.32 Å². The highest BCUT2D eigenvalue weighted by atomic mass is 16.4. The number of pyridine rings is 1. The van der Waals surface area contributed by atoms with E-state index in [9.17, 15) is 14.7 Å². The molecule has 5 nitrogen and oxygen atoms in total. The molecule has 2 aromatic rings. The van der Waals surface area contributed by atoms with Crippen molar-refractivity contribution in [3.8, 4) is 0 Å². The summed E-state index contributed by atoms with van der Waals surface area (Å²) < 4.78 is 0. The van der Waals surface area contributed by atoms with Crippen LogP contribution in [0.4, 0.5) is 5.69 Å². The molecule has 0 aliphatic heterocycles. The van der Waals surface area contributed by atoms with Gasteiger partial charge in [-0.25, -0.2) is 0 Å². The molecular formula is C24H30N2O3. The Kier molecular flexibility index (Phi) is 7.02. The maximum absolute atomic E-state index is 13.2. The summed E-state index contributed by atoms with van der Waals surface area (Å²) in [5, 5.41) is 12.6. The van der Waals surface area contributed by atoms with Crippen LogP contribution in [0.15, 0.2) is 48.8 Å². The largest absolute Gasteiger partial charge is 0.481 e. The number of carbonyl (C=O) groups excluding carboxylic acids is 1. The summed E-state index contributed by atoms with van der Waals surface area (Å²) in [6.45, 7) is 1.99. The number of benzene rings is 1. The Morgan fingerprint density at radius 3 is 2.52 bits per heavy atom. The quantitative estimate of drug-likeness (QED) is 0.623. The number of hydrogen-bond acceptors (Lipinski definition) is 3. The van der Waals surface area contributed by atoms with E-state index in [2.05, 4.69) is 22.4 Å². The number of aliphatic carboxylic acids is 1. The Morgan fingerprint density at radius 2 is 1.86 bits per heavy atom. The van der Waals surface area contributed by atoms with Gasteiger partial charge in [-0.3, -0.25) is 14.6 Å². The number of carbonyl (C=O) groups is 2. The highest BCUT2D eigenvalue weighted by Gasteiger charge is 2.43. The van der Waals surface area contributed by atoms with Crippen LogP contribution >= 0.6 is 0 Å². The number of nitrogens with one attached hydrogen (secondary N) is 1. The molecular weight excluding hydrogens is 364 g/mol. The zero-order chi connectivity index (χ0) is 20.7. The lowest BCUT2D eigenvalue weighted by Gasteiger charge is -2.30. The minimum Gasteiger partial charge on any atom is -0.481 e. The summed E-state index contributed by atoms with van der Waals surface area (Å²) in [5.41, 5.74) is 2.31. The first-order valence-electron chi connectivity index (χ1n) is 10.5. The Bertz CT molecular complexity index is 829. The van der Waals surface area contributed by atoms with Gasteiger partial charge in [-0.1, -0.05) is 56.5 Å². The summed E-state index contributed by atoms with van der Waals surface area (Å²) >= 11 is 0. The van der Waals surface area contributed by atoms with Gasteiger partial charge in [0.15, 0.2) is 0 Å². The average Bonchev–Trinajstić information content (AvgIpc) is 3.19. The molecule has 3 rings (SSSR count). The van der Waals surface area contributed by atoms with E-state index >= 15 is 0 Å². The van der Waals surface area contributed by atoms with E-state index in [0.29, 0.717) is 18.5 Å².